The van der Waals surface area contributed by atoms with E-state index in [-0.39, 0.29) is 11.6 Å². The lowest BCUT2D eigenvalue weighted by atomic mass is 9.91. The monoisotopic (exact) mass is 235 g/mol. The first-order valence-corrected chi connectivity index (χ1v) is 6.19. The van der Waals surface area contributed by atoms with E-state index in [0.717, 1.165) is 24.3 Å². The first kappa shape index (κ1) is 12.4. The Bertz CT molecular complexity index is 401. The number of rotatable bonds is 4. The summed E-state index contributed by atoms with van der Waals surface area (Å²) in [5.41, 5.74) is 8.32. The average Bonchev–Trinajstić information content (AvgIpc) is 2.74. The molecule has 3 nitrogen and oxygen atoms in total. The maximum absolute atomic E-state index is 6.29. The molecule has 2 rings (SSSR count). The van der Waals surface area contributed by atoms with Gasteiger partial charge >= 0.3 is 0 Å². The van der Waals surface area contributed by atoms with Crippen molar-refractivity contribution in [3.05, 3.63) is 29.3 Å². The van der Waals surface area contributed by atoms with Crippen LogP contribution in [-0.2, 0) is 11.2 Å². The van der Waals surface area contributed by atoms with Crippen molar-refractivity contribution in [3.63, 3.8) is 0 Å². The lowest BCUT2D eigenvalue weighted by molar-refractivity contribution is -0.0298. The lowest BCUT2D eigenvalue weighted by Gasteiger charge is -2.31. The predicted octanol–water partition coefficient (Wildman–Crippen LogP) is 2.44. The maximum Gasteiger partial charge on any atom is 0.122 e. The molecule has 0 saturated heterocycles. The Hall–Kier alpha value is -1.06. The van der Waals surface area contributed by atoms with Crippen LogP contribution in [0.2, 0.25) is 0 Å². The van der Waals surface area contributed by atoms with Crippen molar-refractivity contribution in [2.75, 3.05) is 13.2 Å². The standard InChI is InChI=1S/C14H21NO2/c1-4-17-14(2,3)13(15)11-5-6-12-10(9-11)7-8-16-12/h5-6,9,13H,4,7-8,15H2,1-3H3. The van der Waals surface area contributed by atoms with Crippen molar-refractivity contribution in [1.82, 2.24) is 0 Å². The van der Waals surface area contributed by atoms with Gasteiger partial charge in [0, 0.05) is 13.0 Å². The molecule has 1 aromatic rings. The summed E-state index contributed by atoms with van der Waals surface area (Å²) in [4.78, 5) is 0. The van der Waals surface area contributed by atoms with E-state index in [1.807, 2.05) is 32.9 Å². The summed E-state index contributed by atoms with van der Waals surface area (Å²) >= 11 is 0. The van der Waals surface area contributed by atoms with Gasteiger partial charge in [-0.05, 0) is 38.0 Å². The molecular weight excluding hydrogens is 214 g/mol. The molecule has 0 amide bonds. The number of hydrogen-bond acceptors (Lipinski definition) is 3. The van der Waals surface area contributed by atoms with Crippen molar-refractivity contribution < 1.29 is 9.47 Å². The summed E-state index contributed by atoms with van der Waals surface area (Å²) in [5, 5.41) is 0. The molecule has 2 N–H and O–H groups in total. The minimum Gasteiger partial charge on any atom is -0.493 e. The maximum atomic E-state index is 6.29. The van der Waals surface area contributed by atoms with E-state index in [9.17, 15) is 0 Å². The third kappa shape index (κ3) is 2.45. The van der Waals surface area contributed by atoms with E-state index in [0.29, 0.717) is 6.61 Å². The Kier molecular flexibility index (Phi) is 3.40. The molecule has 0 fully saturated rings. The van der Waals surface area contributed by atoms with E-state index >= 15 is 0 Å². The van der Waals surface area contributed by atoms with Gasteiger partial charge in [-0.1, -0.05) is 12.1 Å². The molecule has 0 spiro atoms. The van der Waals surface area contributed by atoms with Crippen LogP contribution in [0.15, 0.2) is 18.2 Å². The number of nitrogens with two attached hydrogens (primary N) is 1. The molecule has 1 aliphatic heterocycles. The summed E-state index contributed by atoms with van der Waals surface area (Å²) < 4.78 is 11.2. The quantitative estimate of drug-likeness (QED) is 0.871. The van der Waals surface area contributed by atoms with Gasteiger partial charge < -0.3 is 15.2 Å². The van der Waals surface area contributed by atoms with Gasteiger partial charge in [-0.15, -0.1) is 0 Å². The van der Waals surface area contributed by atoms with Crippen molar-refractivity contribution >= 4 is 0 Å². The second-order valence-electron chi connectivity index (χ2n) is 4.98. The Balaban J connectivity index is 2.22. The van der Waals surface area contributed by atoms with Gasteiger partial charge in [-0.3, -0.25) is 0 Å². The van der Waals surface area contributed by atoms with Gasteiger partial charge in [0.2, 0.25) is 0 Å². The van der Waals surface area contributed by atoms with Crippen LogP contribution in [-0.4, -0.2) is 18.8 Å². The summed E-state index contributed by atoms with van der Waals surface area (Å²) in [7, 11) is 0. The van der Waals surface area contributed by atoms with E-state index in [1.54, 1.807) is 0 Å². The van der Waals surface area contributed by atoms with E-state index in [4.69, 9.17) is 15.2 Å². The SMILES string of the molecule is CCOC(C)(C)C(N)c1ccc2c(c1)CCO2. The predicted molar refractivity (Wildman–Crippen MR) is 68.3 cm³/mol. The normalized spacial score (nSPS) is 16.5. The Morgan fingerprint density at radius 2 is 2.24 bits per heavy atom. The highest BCUT2D eigenvalue weighted by Gasteiger charge is 2.29. The van der Waals surface area contributed by atoms with Gasteiger partial charge in [0.1, 0.15) is 5.75 Å². The highest BCUT2D eigenvalue weighted by molar-refractivity contribution is 5.41. The molecule has 1 aliphatic rings. The second-order valence-corrected chi connectivity index (χ2v) is 4.98. The Morgan fingerprint density at radius 1 is 1.47 bits per heavy atom. The zero-order valence-corrected chi connectivity index (χ0v) is 10.8. The van der Waals surface area contributed by atoms with Crippen LogP contribution >= 0.6 is 0 Å². The fraction of sp³-hybridized carbons (Fsp3) is 0.571. The van der Waals surface area contributed by atoms with Crippen LogP contribution < -0.4 is 10.5 Å². The Labute approximate surface area is 103 Å². The summed E-state index contributed by atoms with van der Waals surface area (Å²) in [5.74, 6) is 0.996. The van der Waals surface area contributed by atoms with Gasteiger partial charge in [0.05, 0.1) is 18.2 Å². The molecule has 17 heavy (non-hydrogen) atoms. The summed E-state index contributed by atoms with van der Waals surface area (Å²) in [6, 6.07) is 6.08. The number of ether oxygens (including phenoxy) is 2. The van der Waals surface area contributed by atoms with Crippen LogP contribution in [0.1, 0.15) is 37.9 Å². The second kappa shape index (κ2) is 4.67. The number of hydrogen-bond donors (Lipinski definition) is 1. The first-order chi connectivity index (χ1) is 8.04. The molecule has 3 heteroatoms. The number of benzene rings is 1. The third-order valence-electron chi connectivity index (χ3n) is 3.34. The van der Waals surface area contributed by atoms with Gasteiger partial charge in [0.25, 0.3) is 0 Å². The highest BCUT2D eigenvalue weighted by atomic mass is 16.5. The first-order valence-electron chi connectivity index (χ1n) is 6.19. The fourth-order valence-electron chi connectivity index (χ4n) is 2.26. The Morgan fingerprint density at radius 3 is 2.94 bits per heavy atom. The minimum absolute atomic E-state index is 0.117. The third-order valence-corrected chi connectivity index (χ3v) is 3.34. The molecule has 0 aromatic heterocycles. The van der Waals surface area contributed by atoms with Crippen molar-refractivity contribution in [1.29, 1.82) is 0 Å². The molecule has 0 radical (unpaired) electrons. The average molecular weight is 235 g/mol. The number of fused-ring (bicyclic) bond motifs is 1. The van der Waals surface area contributed by atoms with E-state index in [2.05, 4.69) is 6.07 Å². The highest BCUT2D eigenvalue weighted by Crippen LogP contribution is 2.32. The van der Waals surface area contributed by atoms with Gasteiger partial charge in [-0.25, -0.2) is 0 Å². The molecule has 94 valence electrons. The molecule has 0 bridgehead atoms. The van der Waals surface area contributed by atoms with Crippen LogP contribution in [0, 0.1) is 0 Å². The topological polar surface area (TPSA) is 44.5 Å². The van der Waals surface area contributed by atoms with Crippen LogP contribution in [0.25, 0.3) is 0 Å². The van der Waals surface area contributed by atoms with Crippen molar-refractivity contribution in [2.24, 2.45) is 5.73 Å². The largest absolute Gasteiger partial charge is 0.493 e. The lowest BCUT2D eigenvalue weighted by Crippen LogP contribution is -2.38. The molecule has 1 aromatic carbocycles. The van der Waals surface area contributed by atoms with Gasteiger partial charge in [-0.2, -0.15) is 0 Å². The van der Waals surface area contributed by atoms with Crippen LogP contribution in [0.3, 0.4) is 0 Å². The molecule has 1 atom stereocenters. The molecule has 0 saturated carbocycles. The van der Waals surface area contributed by atoms with E-state index in [1.165, 1.54) is 5.56 Å². The molecule has 0 aliphatic carbocycles. The smallest absolute Gasteiger partial charge is 0.122 e. The molecule has 1 unspecified atom stereocenters. The minimum atomic E-state index is -0.345. The summed E-state index contributed by atoms with van der Waals surface area (Å²) in [6.45, 7) is 7.51. The fourth-order valence-corrected chi connectivity index (χ4v) is 2.26. The zero-order chi connectivity index (χ0) is 12.5. The van der Waals surface area contributed by atoms with E-state index < -0.39 is 0 Å². The molecule has 1 heterocycles. The van der Waals surface area contributed by atoms with Crippen molar-refractivity contribution in [2.45, 2.75) is 38.8 Å². The van der Waals surface area contributed by atoms with Crippen molar-refractivity contribution in [3.8, 4) is 5.75 Å². The molecular formula is C14H21NO2. The van der Waals surface area contributed by atoms with Crippen LogP contribution in [0.5, 0.6) is 5.75 Å². The zero-order valence-electron chi connectivity index (χ0n) is 10.8. The summed E-state index contributed by atoms with van der Waals surface area (Å²) in [6.07, 6.45) is 0.977. The van der Waals surface area contributed by atoms with Gasteiger partial charge in [0.15, 0.2) is 0 Å². The van der Waals surface area contributed by atoms with Crippen LogP contribution in [0.4, 0.5) is 0 Å².